The van der Waals surface area contributed by atoms with Crippen molar-refractivity contribution in [3.63, 3.8) is 0 Å². The Hall–Kier alpha value is -1.22. The predicted octanol–water partition coefficient (Wildman–Crippen LogP) is 3.14. The second kappa shape index (κ2) is 4.81. The smallest absolute Gasteiger partial charge is 0.163 e. The lowest BCUT2D eigenvalue weighted by Gasteiger charge is -2.36. The molecule has 0 aromatic heterocycles. The fourth-order valence-electron chi connectivity index (χ4n) is 3.27. The van der Waals surface area contributed by atoms with E-state index in [9.17, 15) is 5.11 Å². The molecule has 1 aromatic carbocycles. The number of methoxy groups -OCH3 is 1. The van der Waals surface area contributed by atoms with E-state index >= 15 is 0 Å². The molecule has 1 aliphatic rings. The number of aryl methyl sites for hydroxylation is 2. The van der Waals surface area contributed by atoms with Crippen molar-refractivity contribution in [3.05, 3.63) is 22.8 Å². The summed E-state index contributed by atoms with van der Waals surface area (Å²) in [4.78, 5) is 0. The van der Waals surface area contributed by atoms with Crippen molar-refractivity contribution in [3.8, 4) is 11.5 Å². The molecule has 18 heavy (non-hydrogen) atoms. The summed E-state index contributed by atoms with van der Waals surface area (Å²) in [6.45, 7) is 3.96. The second-order valence-corrected chi connectivity index (χ2v) is 5.48. The largest absolute Gasteiger partial charge is 0.504 e. The van der Waals surface area contributed by atoms with Gasteiger partial charge in [0.25, 0.3) is 0 Å². The third-order valence-electron chi connectivity index (χ3n) is 4.09. The molecule has 100 valence electrons. The zero-order valence-corrected chi connectivity index (χ0v) is 11.5. The van der Waals surface area contributed by atoms with E-state index in [2.05, 4.69) is 6.07 Å². The van der Waals surface area contributed by atoms with Gasteiger partial charge in [-0.3, -0.25) is 0 Å². The maximum absolute atomic E-state index is 10.5. The number of rotatable bonds is 2. The Morgan fingerprint density at radius 2 is 1.78 bits per heavy atom. The molecule has 1 aromatic rings. The van der Waals surface area contributed by atoms with Crippen LogP contribution in [0.2, 0.25) is 0 Å². The minimum absolute atomic E-state index is 0.236. The maximum Gasteiger partial charge on any atom is 0.163 e. The molecule has 0 atom stereocenters. The monoisotopic (exact) mass is 249 g/mol. The predicted molar refractivity (Wildman–Crippen MR) is 73.1 cm³/mol. The van der Waals surface area contributed by atoms with Crippen LogP contribution in [0.25, 0.3) is 0 Å². The van der Waals surface area contributed by atoms with Gasteiger partial charge >= 0.3 is 0 Å². The third-order valence-corrected chi connectivity index (χ3v) is 4.09. The van der Waals surface area contributed by atoms with Gasteiger partial charge in [-0.1, -0.05) is 25.3 Å². The van der Waals surface area contributed by atoms with Gasteiger partial charge in [0.05, 0.1) is 7.11 Å². The van der Waals surface area contributed by atoms with Gasteiger partial charge in [-0.25, -0.2) is 0 Å². The Kier molecular flexibility index (Phi) is 3.53. The molecule has 0 saturated heterocycles. The van der Waals surface area contributed by atoms with E-state index in [0.29, 0.717) is 5.75 Å². The van der Waals surface area contributed by atoms with Gasteiger partial charge in [0.2, 0.25) is 0 Å². The molecular formula is C15H23NO2. The number of phenols is 1. The minimum atomic E-state index is -0.395. The summed E-state index contributed by atoms with van der Waals surface area (Å²) >= 11 is 0. The summed E-state index contributed by atoms with van der Waals surface area (Å²) in [5.74, 6) is 0.797. The molecule has 3 N–H and O–H groups in total. The quantitative estimate of drug-likeness (QED) is 0.846. The summed E-state index contributed by atoms with van der Waals surface area (Å²) in [6, 6.07) is 2.05. The SMILES string of the molecule is COc1c(C)cc(C)c(C2(N)CCCCC2)c1O. The van der Waals surface area contributed by atoms with Gasteiger partial charge in [0.15, 0.2) is 11.5 Å². The number of nitrogens with two attached hydrogens (primary N) is 1. The molecule has 2 rings (SSSR count). The lowest BCUT2D eigenvalue weighted by atomic mass is 9.75. The summed E-state index contributed by atoms with van der Waals surface area (Å²) < 4.78 is 5.30. The van der Waals surface area contributed by atoms with Crippen LogP contribution in [0.15, 0.2) is 6.07 Å². The molecule has 0 spiro atoms. The van der Waals surface area contributed by atoms with E-state index in [4.69, 9.17) is 10.5 Å². The molecule has 0 unspecified atom stereocenters. The first-order valence-corrected chi connectivity index (χ1v) is 6.66. The molecule has 1 aliphatic carbocycles. The maximum atomic E-state index is 10.5. The van der Waals surface area contributed by atoms with Crippen molar-refractivity contribution in [2.75, 3.05) is 7.11 Å². The number of hydrogen-bond acceptors (Lipinski definition) is 3. The van der Waals surface area contributed by atoms with Crippen molar-refractivity contribution < 1.29 is 9.84 Å². The number of hydrogen-bond donors (Lipinski definition) is 2. The Morgan fingerprint density at radius 3 is 2.33 bits per heavy atom. The second-order valence-electron chi connectivity index (χ2n) is 5.48. The van der Waals surface area contributed by atoms with Crippen molar-refractivity contribution in [2.24, 2.45) is 5.73 Å². The van der Waals surface area contributed by atoms with E-state index < -0.39 is 5.54 Å². The zero-order chi connectivity index (χ0) is 13.3. The van der Waals surface area contributed by atoms with Crippen LogP contribution in [0.3, 0.4) is 0 Å². The van der Waals surface area contributed by atoms with Gasteiger partial charge in [0, 0.05) is 11.1 Å². The van der Waals surface area contributed by atoms with Crippen LogP contribution in [0.1, 0.15) is 48.8 Å². The van der Waals surface area contributed by atoms with Crippen LogP contribution in [-0.4, -0.2) is 12.2 Å². The lowest BCUT2D eigenvalue weighted by Crippen LogP contribution is -2.39. The average Bonchev–Trinajstić information content (AvgIpc) is 2.29. The summed E-state index contributed by atoms with van der Waals surface area (Å²) in [7, 11) is 1.59. The van der Waals surface area contributed by atoms with Gasteiger partial charge < -0.3 is 15.6 Å². The summed E-state index contributed by atoms with van der Waals surface area (Å²) in [6.07, 6.45) is 5.38. The highest BCUT2D eigenvalue weighted by Gasteiger charge is 2.34. The highest BCUT2D eigenvalue weighted by atomic mass is 16.5. The molecule has 0 radical (unpaired) electrons. The van der Waals surface area contributed by atoms with E-state index in [1.165, 1.54) is 6.42 Å². The minimum Gasteiger partial charge on any atom is -0.504 e. The van der Waals surface area contributed by atoms with Crippen molar-refractivity contribution >= 4 is 0 Å². The fraction of sp³-hybridized carbons (Fsp3) is 0.600. The van der Waals surface area contributed by atoms with Crippen LogP contribution in [0.4, 0.5) is 0 Å². The molecule has 0 bridgehead atoms. The molecule has 0 amide bonds. The Morgan fingerprint density at radius 1 is 1.17 bits per heavy atom. The first-order chi connectivity index (χ1) is 8.49. The molecular weight excluding hydrogens is 226 g/mol. The number of benzene rings is 1. The van der Waals surface area contributed by atoms with E-state index in [1.54, 1.807) is 7.11 Å². The van der Waals surface area contributed by atoms with Gasteiger partial charge in [-0.2, -0.15) is 0 Å². The van der Waals surface area contributed by atoms with Gasteiger partial charge in [-0.15, -0.1) is 0 Å². The molecule has 1 fully saturated rings. The van der Waals surface area contributed by atoms with Crippen molar-refractivity contribution in [2.45, 2.75) is 51.5 Å². The zero-order valence-electron chi connectivity index (χ0n) is 11.5. The van der Waals surface area contributed by atoms with E-state index in [-0.39, 0.29) is 5.75 Å². The molecule has 0 aliphatic heterocycles. The summed E-state index contributed by atoms with van der Waals surface area (Å²) in [5.41, 5.74) is 9.04. The highest BCUT2D eigenvalue weighted by Crippen LogP contribution is 2.45. The van der Waals surface area contributed by atoms with Crippen molar-refractivity contribution in [1.29, 1.82) is 0 Å². The average molecular weight is 249 g/mol. The standard InChI is InChI=1S/C15H23NO2/c1-10-9-11(2)14(18-3)13(17)12(10)15(16)7-5-4-6-8-15/h9,17H,4-8,16H2,1-3H3. The first kappa shape index (κ1) is 13.2. The van der Waals surface area contributed by atoms with Crippen LogP contribution in [0, 0.1) is 13.8 Å². The third kappa shape index (κ3) is 2.07. The van der Waals surface area contributed by atoms with Crippen LogP contribution in [-0.2, 0) is 5.54 Å². The van der Waals surface area contributed by atoms with Crippen LogP contribution < -0.4 is 10.5 Å². The number of ether oxygens (including phenoxy) is 1. The van der Waals surface area contributed by atoms with Crippen LogP contribution >= 0.6 is 0 Å². The van der Waals surface area contributed by atoms with Crippen molar-refractivity contribution in [1.82, 2.24) is 0 Å². The van der Waals surface area contributed by atoms with Gasteiger partial charge in [0.1, 0.15) is 0 Å². The molecule has 0 heterocycles. The summed E-state index contributed by atoms with van der Waals surface area (Å²) in [5, 5.41) is 10.5. The Balaban J connectivity index is 2.56. The van der Waals surface area contributed by atoms with E-state index in [1.807, 2.05) is 13.8 Å². The molecule has 3 heteroatoms. The van der Waals surface area contributed by atoms with E-state index in [0.717, 1.165) is 42.4 Å². The topological polar surface area (TPSA) is 55.5 Å². The fourth-order valence-corrected chi connectivity index (χ4v) is 3.27. The first-order valence-electron chi connectivity index (χ1n) is 6.66. The number of aromatic hydroxyl groups is 1. The molecule has 1 saturated carbocycles. The van der Waals surface area contributed by atoms with Gasteiger partial charge in [-0.05, 0) is 37.8 Å². The Labute approximate surface area is 109 Å². The lowest BCUT2D eigenvalue weighted by molar-refractivity contribution is 0.285. The van der Waals surface area contributed by atoms with Crippen LogP contribution in [0.5, 0.6) is 11.5 Å². The highest BCUT2D eigenvalue weighted by molar-refractivity contribution is 5.56. The number of phenolic OH excluding ortho intramolecular Hbond substituents is 1. The normalized spacial score (nSPS) is 18.7. The molecule has 3 nitrogen and oxygen atoms in total. The Bertz CT molecular complexity index is 448.